The molecule has 2 amide bonds. The number of fused-ring (bicyclic) bond motifs is 1. The van der Waals surface area contributed by atoms with Gasteiger partial charge in [-0.2, -0.15) is 0 Å². The number of H-pyrrole nitrogens is 1. The van der Waals surface area contributed by atoms with E-state index in [-0.39, 0.29) is 18.7 Å². The lowest BCUT2D eigenvalue weighted by Crippen LogP contribution is -2.50. The molecule has 0 saturated carbocycles. The molecule has 0 radical (unpaired) electrons. The predicted molar refractivity (Wildman–Crippen MR) is 178 cm³/mol. The van der Waals surface area contributed by atoms with E-state index in [1.807, 2.05) is 79.0 Å². The van der Waals surface area contributed by atoms with Gasteiger partial charge in [0.1, 0.15) is 6.04 Å². The average molecular weight is 602 g/mol. The van der Waals surface area contributed by atoms with Crippen LogP contribution in [0.3, 0.4) is 0 Å². The van der Waals surface area contributed by atoms with Crippen LogP contribution in [-0.2, 0) is 33.6 Å². The normalized spacial score (nSPS) is 12.4. The fraction of sp³-hybridized carbons (Fsp3) is 0.237. The van der Waals surface area contributed by atoms with Crippen molar-refractivity contribution in [3.05, 3.63) is 132 Å². The zero-order valence-electron chi connectivity index (χ0n) is 25.2. The SMILES string of the molecule is O=C(O)C[C@@H](CCCc1ccc(-c2ccccc2)cc1)C(=O)N[C@@H](Cc1c[nH]c2ccccc12)C(=O)NCCc1ccccc1. The minimum absolute atomic E-state index is 0.278. The highest BCUT2D eigenvalue weighted by Crippen LogP contribution is 2.22. The monoisotopic (exact) mass is 601 g/mol. The number of aliphatic carboxylic acids is 1. The lowest BCUT2D eigenvalue weighted by atomic mass is 9.94. The Morgan fingerprint density at radius 2 is 1.36 bits per heavy atom. The number of carboxylic acids is 1. The van der Waals surface area contributed by atoms with Crippen LogP contribution < -0.4 is 10.6 Å². The van der Waals surface area contributed by atoms with Crippen molar-refractivity contribution in [1.29, 1.82) is 0 Å². The molecule has 5 rings (SSSR count). The largest absolute Gasteiger partial charge is 0.481 e. The van der Waals surface area contributed by atoms with Crippen molar-refractivity contribution in [1.82, 2.24) is 15.6 Å². The Morgan fingerprint density at radius 1 is 0.711 bits per heavy atom. The Kier molecular flexibility index (Phi) is 10.8. The van der Waals surface area contributed by atoms with Gasteiger partial charge in [0, 0.05) is 36.0 Å². The van der Waals surface area contributed by atoms with Gasteiger partial charge in [-0.05, 0) is 59.6 Å². The van der Waals surface area contributed by atoms with E-state index in [4.69, 9.17) is 0 Å². The van der Waals surface area contributed by atoms with E-state index >= 15 is 0 Å². The number of rotatable bonds is 15. The summed E-state index contributed by atoms with van der Waals surface area (Å²) in [5.41, 5.74) is 6.36. The second-order valence-corrected chi connectivity index (χ2v) is 11.4. The highest BCUT2D eigenvalue weighted by atomic mass is 16.4. The number of hydrogen-bond donors (Lipinski definition) is 4. The van der Waals surface area contributed by atoms with Gasteiger partial charge < -0.3 is 20.7 Å². The molecule has 7 nitrogen and oxygen atoms in total. The Morgan fingerprint density at radius 3 is 2.09 bits per heavy atom. The summed E-state index contributed by atoms with van der Waals surface area (Å²) in [6.07, 6.45) is 4.26. The van der Waals surface area contributed by atoms with Gasteiger partial charge >= 0.3 is 5.97 Å². The molecule has 2 atom stereocenters. The van der Waals surface area contributed by atoms with E-state index in [9.17, 15) is 19.5 Å². The molecule has 230 valence electrons. The van der Waals surface area contributed by atoms with Crippen molar-refractivity contribution in [2.24, 2.45) is 5.92 Å². The number of hydrogen-bond acceptors (Lipinski definition) is 3. The van der Waals surface area contributed by atoms with Crippen LogP contribution in [0, 0.1) is 5.92 Å². The standard InChI is InChI=1S/C38H39N3O4/c42-36(43)25-31(15-9-12-28-18-20-30(21-19-28)29-13-5-2-6-14-29)37(44)41-35(24-32-26-40-34-17-8-7-16-33(32)34)38(45)39-23-22-27-10-3-1-4-11-27/h1-8,10-11,13-14,16-21,26,31,35,40H,9,12,15,22-25H2,(H,39,45)(H,41,44)(H,42,43)/t31-,35+/m1/s1. The first kappa shape index (κ1) is 31.3. The van der Waals surface area contributed by atoms with Crippen molar-refractivity contribution in [2.45, 2.75) is 44.6 Å². The van der Waals surface area contributed by atoms with Crippen LogP contribution in [0.4, 0.5) is 0 Å². The van der Waals surface area contributed by atoms with Crippen LogP contribution >= 0.6 is 0 Å². The van der Waals surface area contributed by atoms with Crippen molar-refractivity contribution in [2.75, 3.05) is 6.54 Å². The van der Waals surface area contributed by atoms with Gasteiger partial charge in [-0.3, -0.25) is 14.4 Å². The smallest absolute Gasteiger partial charge is 0.304 e. The Balaban J connectivity index is 1.23. The molecule has 5 aromatic rings. The maximum Gasteiger partial charge on any atom is 0.304 e. The zero-order valence-corrected chi connectivity index (χ0v) is 25.2. The zero-order chi connectivity index (χ0) is 31.4. The van der Waals surface area contributed by atoms with Crippen molar-refractivity contribution < 1.29 is 19.5 Å². The summed E-state index contributed by atoms with van der Waals surface area (Å²) in [6, 6.07) is 35.3. The molecule has 4 aromatic carbocycles. The molecule has 0 spiro atoms. The summed E-state index contributed by atoms with van der Waals surface area (Å²) in [5.74, 6) is -2.51. The van der Waals surface area contributed by atoms with Crippen LogP contribution in [0.15, 0.2) is 115 Å². The summed E-state index contributed by atoms with van der Waals surface area (Å²) < 4.78 is 0. The van der Waals surface area contributed by atoms with Gasteiger partial charge in [0.2, 0.25) is 11.8 Å². The topological polar surface area (TPSA) is 111 Å². The van der Waals surface area contributed by atoms with Gasteiger partial charge in [0.05, 0.1) is 6.42 Å². The van der Waals surface area contributed by atoms with E-state index in [0.29, 0.717) is 25.8 Å². The third-order valence-electron chi connectivity index (χ3n) is 8.16. The van der Waals surface area contributed by atoms with Gasteiger partial charge in [-0.1, -0.05) is 103 Å². The molecular weight excluding hydrogens is 562 g/mol. The first-order chi connectivity index (χ1) is 22.0. The molecular formula is C38H39N3O4. The first-order valence-corrected chi connectivity index (χ1v) is 15.5. The average Bonchev–Trinajstić information content (AvgIpc) is 3.47. The second-order valence-electron chi connectivity index (χ2n) is 11.4. The summed E-state index contributed by atoms with van der Waals surface area (Å²) in [6.45, 7) is 0.421. The number of aryl methyl sites for hydroxylation is 1. The molecule has 4 N–H and O–H groups in total. The third-order valence-corrected chi connectivity index (χ3v) is 8.16. The molecule has 7 heteroatoms. The highest BCUT2D eigenvalue weighted by molar-refractivity contribution is 5.91. The number of aromatic amines is 1. The lowest BCUT2D eigenvalue weighted by Gasteiger charge is -2.22. The summed E-state index contributed by atoms with van der Waals surface area (Å²) >= 11 is 0. The minimum atomic E-state index is -1.04. The van der Waals surface area contributed by atoms with Gasteiger partial charge in [0.25, 0.3) is 0 Å². The second kappa shape index (κ2) is 15.5. The molecule has 1 aromatic heterocycles. The number of nitrogens with one attached hydrogen (secondary N) is 3. The lowest BCUT2D eigenvalue weighted by molar-refractivity contribution is -0.141. The van der Waals surface area contributed by atoms with E-state index < -0.39 is 23.8 Å². The van der Waals surface area contributed by atoms with Crippen LogP contribution in [-0.4, -0.2) is 40.5 Å². The number of aromatic nitrogens is 1. The van der Waals surface area contributed by atoms with E-state index in [1.165, 1.54) is 0 Å². The molecule has 0 fully saturated rings. The highest BCUT2D eigenvalue weighted by Gasteiger charge is 2.28. The summed E-state index contributed by atoms with van der Waals surface area (Å²) in [5, 5.41) is 16.5. The van der Waals surface area contributed by atoms with Gasteiger partial charge in [-0.15, -0.1) is 0 Å². The molecule has 0 aliphatic carbocycles. The molecule has 0 saturated heterocycles. The number of carbonyl (C=O) groups is 3. The molecule has 0 aliphatic rings. The van der Waals surface area contributed by atoms with Crippen molar-refractivity contribution >= 4 is 28.7 Å². The molecule has 45 heavy (non-hydrogen) atoms. The Hall–Kier alpha value is -5.17. The van der Waals surface area contributed by atoms with Crippen LogP contribution in [0.25, 0.3) is 22.0 Å². The van der Waals surface area contributed by atoms with Crippen molar-refractivity contribution in [3.8, 4) is 11.1 Å². The third kappa shape index (κ3) is 8.92. The first-order valence-electron chi connectivity index (χ1n) is 15.5. The quantitative estimate of drug-likeness (QED) is 0.112. The maximum absolute atomic E-state index is 13.6. The van der Waals surface area contributed by atoms with Gasteiger partial charge in [-0.25, -0.2) is 0 Å². The number of para-hydroxylation sites is 1. The molecule has 0 bridgehead atoms. The number of carboxylic acid groups (broad SMARTS) is 1. The fourth-order valence-electron chi connectivity index (χ4n) is 5.70. The Labute approximate surface area is 263 Å². The molecule has 1 heterocycles. The van der Waals surface area contributed by atoms with Crippen molar-refractivity contribution in [3.63, 3.8) is 0 Å². The van der Waals surface area contributed by atoms with E-state index in [1.54, 1.807) is 0 Å². The van der Waals surface area contributed by atoms with Crippen LogP contribution in [0.1, 0.15) is 36.0 Å². The number of benzene rings is 4. The van der Waals surface area contributed by atoms with Gasteiger partial charge in [0.15, 0.2) is 0 Å². The predicted octanol–water partition coefficient (Wildman–Crippen LogP) is 6.33. The molecule has 0 unspecified atom stereocenters. The number of carbonyl (C=O) groups excluding carboxylic acids is 2. The Bertz CT molecular complexity index is 1700. The van der Waals surface area contributed by atoms with E-state index in [2.05, 4.69) is 52.0 Å². The summed E-state index contributed by atoms with van der Waals surface area (Å²) in [7, 11) is 0. The fourth-order valence-corrected chi connectivity index (χ4v) is 5.70. The minimum Gasteiger partial charge on any atom is -0.481 e. The van der Waals surface area contributed by atoms with Crippen LogP contribution in [0.5, 0.6) is 0 Å². The summed E-state index contributed by atoms with van der Waals surface area (Å²) in [4.78, 5) is 42.0. The molecule has 0 aliphatic heterocycles. The number of amides is 2. The maximum atomic E-state index is 13.6. The van der Waals surface area contributed by atoms with E-state index in [0.717, 1.165) is 45.1 Å². The van der Waals surface area contributed by atoms with Crippen LogP contribution in [0.2, 0.25) is 0 Å².